The van der Waals surface area contributed by atoms with Crippen LogP contribution in [0.4, 0.5) is 0 Å². The average molecular weight is 329 g/mol. The predicted octanol–water partition coefficient (Wildman–Crippen LogP) is 2.05. The second kappa shape index (κ2) is 8.49. The number of rotatable bonds is 6. The number of hydrogen-bond acceptors (Lipinski definition) is 3. The number of methoxy groups -OCH3 is 1. The number of ether oxygens (including phenoxy) is 1. The van der Waals surface area contributed by atoms with Gasteiger partial charge in [0.1, 0.15) is 0 Å². The van der Waals surface area contributed by atoms with Crippen molar-refractivity contribution in [2.75, 3.05) is 14.2 Å². The van der Waals surface area contributed by atoms with Crippen LogP contribution in [0.5, 0.6) is 0 Å². The van der Waals surface area contributed by atoms with Crippen LogP contribution >= 0.6 is 0 Å². The number of aromatic nitrogens is 2. The summed E-state index contributed by atoms with van der Waals surface area (Å²) in [6, 6.07) is 8.25. The zero-order chi connectivity index (χ0) is 17.5. The van der Waals surface area contributed by atoms with E-state index in [0.717, 1.165) is 11.7 Å². The molecule has 130 valence electrons. The Kier molecular flexibility index (Phi) is 6.37. The highest BCUT2D eigenvalue weighted by Crippen LogP contribution is 2.11. The molecular weight excluding hydrogens is 302 g/mol. The van der Waals surface area contributed by atoms with Crippen molar-refractivity contribution in [3.8, 4) is 0 Å². The fourth-order valence-corrected chi connectivity index (χ4v) is 2.67. The van der Waals surface area contributed by atoms with Gasteiger partial charge in [-0.25, -0.2) is 0 Å². The van der Waals surface area contributed by atoms with Gasteiger partial charge in [-0.05, 0) is 25.0 Å². The van der Waals surface area contributed by atoms with Crippen molar-refractivity contribution in [3.63, 3.8) is 0 Å². The summed E-state index contributed by atoms with van der Waals surface area (Å²) in [5, 5.41) is 11.2. The molecule has 1 aromatic carbocycles. The van der Waals surface area contributed by atoms with Crippen LogP contribution in [0, 0.1) is 13.8 Å². The molecule has 6 heteroatoms. The van der Waals surface area contributed by atoms with Crippen molar-refractivity contribution >= 4 is 5.96 Å². The summed E-state index contributed by atoms with van der Waals surface area (Å²) in [5.74, 6) is 0.768. The second-order valence-corrected chi connectivity index (χ2v) is 5.75. The van der Waals surface area contributed by atoms with Gasteiger partial charge in [-0.15, -0.1) is 0 Å². The van der Waals surface area contributed by atoms with E-state index in [9.17, 15) is 0 Å². The van der Waals surface area contributed by atoms with Crippen LogP contribution < -0.4 is 10.6 Å². The van der Waals surface area contributed by atoms with Gasteiger partial charge in [0.25, 0.3) is 0 Å². The molecule has 0 fully saturated rings. The minimum atomic E-state index is 0.609. The van der Waals surface area contributed by atoms with Crippen LogP contribution in [0.15, 0.2) is 29.3 Å². The molecule has 2 N–H and O–H groups in total. The highest BCUT2D eigenvalue weighted by Gasteiger charge is 2.10. The monoisotopic (exact) mass is 329 g/mol. The van der Waals surface area contributed by atoms with Crippen LogP contribution in [0.3, 0.4) is 0 Å². The smallest absolute Gasteiger partial charge is 0.191 e. The molecule has 0 aliphatic heterocycles. The lowest BCUT2D eigenvalue weighted by atomic mass is 10.1. The first-order valence-corrected chi connectivity index (χ1v) is 8.06. The first-order valence-electron chi connectivity index (χ1n) is 8.06. The molecule has 1 heterocycles. The van der Waals surface area contributed by atoms with Crippen LogP contribution in [-0.4, -0.2) is 29.9 Å². The number of hydrogen-bond donors (Lipinski definition) is 2. The maximum Gasteiger partial charge on any atom is 0.191 e. The zero-order valence-corrected chi connectivity index (χ0v) is 15.2. The molecule has 0 radical (unpaired) electrons. The molecule has 0 amide bonds. The number of aryl methyl sites for hydroxylation is 2. The zero-order valence-electron chi connectivity index (χ0n) is 15.2. The predicted molar refractivity (Wildman–Crippen MR) is 96.9 cm³/mol. The van der Waals surface area contributed by atoms with E-state index in [2.05, 4.69) is 39.8 Å². The lowest BCUT2D eigenvalue weighted by molar-refractivity contribution is 0.184. The molecule has 6 nitrogen and oxygen atoms in total. The highest BCUT2D eigenvalue weighted by molar-refractivity contribution is 5.79. The third-order valence-corrected chi connectivity index (χ3v) is 4.18. The van der Waals surface area contributed by atoms with E-state index in [4.69, 9.17) is 4.74 Å². The van der Waals surface area contributed by atoms with Gasteiger partial charge in [-0.2, -0.15) is 5.10 Å². The second-order valence-electron chi connectivity index (χ2n) is 5.75. The summed E-state index contributed by atoms with van der Waals surface area (Å²) < 4.78 is 7.16. The Morgan fingerprint density at radius 1 is 1.17 bits per heavy atom. The van der Waals surface area contributed by atoms with E-state index in [-0.39, 0.29) is 0 Å². The molecule has 0 unspecified atom stereocenters. The lowest BCUT2D eigenvalue weighted by Crippen LogP contribution is -2.36. The number of nitrogens with zero attached hydrogens (tertiary/aromatic N) is 3. The normalized spacial score (nSPS) is 11.6. The molecule has 0 aliphatic rings. The van der Waals surface area contributed by atoms with Gasteiger partial charge in [0.15, 0.2) is 5.96 Å². The first kappa shape index (κ1) is 18.0. The van der Waals surface area contributed by atoms with Crippen molar-refractivity contribution in [1.29, 1.82) is 0 Å². The molecule has 0 saturated heterocycles. The highest BCUT2D eigenvalue weighted by atomic mass is 16.5. The van der Waals surface area contributed by atoms with Crippen molar-refractivity contribution in [2.45, 2.75) is 33.5 Å². The lowest BCUT2D eigenvalue weighted by Gasteiger charge is -2.14. The molecule has 24 heavy (non-hydrogen) atoms. The molecule has 1 aromatic heterocycles. The van der Waals surface area contributed by atoms with Crippen molar-refractivity contribution in [1.82, 2.24) is 20.4 Å². The summed E-state index contributed by atoms with van der Waals surface area (Å²) in [6.45, 7) is 6.11. The Morgan fingerprint density at radius 3 is 2.42 bits per heavy atom. The third-order valence-electron chi connectivity index (χ3n) is 4.18. The van der Waals surface area contributed by atoms with Crippen molar-refractivity contribution < 1.29 is 4.74 Å². The Balaban J connectivity index is 1.96. The first-order chi connectivity index (χ1) is 11.6. The SMILES string of the molecule is CN=C(NCc1ccccc1COC)NCc1c(C)nn(C)c1C. The summed E-state index contributed by atoms with van der Waals surface area (Å²) in [6.07, 6.45) is 0. The van der Waals surface area contributed by atoms with Crippen LogP contribution in [0.2, 0.25) is 0 Å². The Bertz CT molecular complexity index is 705. The largest absolute Gasteiger partial charge is 0.380 e. The molecule has 0 atom stereocenters. The summed E-state index contributed by atoms with van der Waals surface area (Å²) in [7, 11) is 5.45. The molecule has 2 rings (SSSR count). The number of aliphatic imine (C=N–C) groups is 1. The van der Waals surface area contributed by atoms with Crippen LogP contribution in [0.25, 0.3) is 0 Å². The summed E-state index contributed by atoms with van der Waals surface area (Å²) >= 11 is 0. The molecule has 0 aliphatic carbocycles. The van der Waals surface area contributed by atoms with E-state index in [1.165, 1.54) is 22.4 Å². The van der Waals surface area contributed by atoms with Gasteiger partial charge in [-0.1, -0.05) is 24.3 Å². The number of benzene rings is 1. The molecular formula is C18H27N5O. The van der Waals surface area contributed by atoms with Gasteiger partial charge in [-0.3, -0.25) is 9.67 Å². The van der Waals surface area contributed by atoms with E-state index in [1.54, 1.807) is 14.2 Å². The Morgan fingerprint density at radius 2 is 1.83 bits per heavy atom. The minimum Gasteiger partial charge on any atom is -0.380 e. The third kappa shape index (κ3) is 4.35. The van der Waals surface area contributed by atoms with Crippen LogP contribution in [0.1, 0.15) is 28.1 Å². The topological polar surface area (TPSA) is 63.5 Å². The molecule has 0 spiro atoms. The van der Waals surface area contributed by atoms with Crippen molar-refractivity contribution in [3.05, 3.63) is 52.3 Å². The minimum absolute atomic E-state index is 0.609. The quantitative estimate of drug-likeness (QED) is 0.629. The fraction of sp³-hybridized carbons (Fsp3) is 0.444. The Labute approximate surface area is 143 Å². The molecule has 0 bridgehead atoms. The van der Waals surface area contributed by atoms with Gasteiger partial charge >= 0.3 is 0 Å². The standard InChI is InChI=1S/C18H27N5O/c1-13-17(14(2)23(4)22-13)11-21-18(19-3)20-10-15-8-6-7-9-16(15)12-24-5/h6-9H,10-12H2,1-5H3,(H2,19,20,21). The van der Waals surface area contributed by atoms with E-state index < -0.39 is 0 Å². The molecule has 0 saturated carbocycles. The van der Waals surface area contributed by atoms with E-state index in [1.807, 2.05) is 30.8 Å². The number of guanidine groups is 1. The molecule has 2 aromatic rings. The van der Waals surface area contributed by atoms with E-state index >= 15 is 0 Å². The Hall–Kier alpha value is -2.34. The van der Waals surface area contributed by atoms with Gasteiger partial charge < -0.3 is 15.4 Å². The van der Waals surface area contributed by atoms with Crippen LogP contribution in [-0.2, 0) is 31.5 Å². The summed E-state index contributed by atoms with van der Waals surface area (Å²) in [4.78, 5) is 4.30. The fourth-order valence-electron chi connectivity index (χ4n) is 2.67. The van der Waals surface area contributed by atoms with Gasteiger partial charge in [0.2, 0.25) is 0 Å². The maximum absolute atomic E-state index is 5.25. The number of nitrogens with one attached hydrogen (secondary N) is 2. The van der Waals surface area contributed by atoms with Gasteiger partial charge in [0.05, 0.1) is 12.3 Å². The maximum atomic E-state index is 5.25. The van der Waals surface area contributed by atoms with Crippen molar-refractivity contribution in [2.24, 2.45) is 12.0 Å². The summed E-state index contributed by atoms with van der Waals surface area (Å²) in [5.41, 5.74) is 5.81. The van der Waals surface area contributed by atoms with Gasteiger partial charge in [0, 0.05) is 45.6 Å². The van der Waals surface area contributed by atoms with E-state index in [0.29, 0.717) is 19.7 Å². The average Bonchev–Trinajstić information content (AvgIpc) is 2.82.